The summed E-state index contributed by atoms with van der Waals surface area (Å²) in [5.74, 6) is -1.31. The molecule has 0 aromatic carbocycles. The smallest absolute Gasteiger partial charge is 0.325 e. The summed E-state index contributed by atoms with van der Waals surface area (Å²) in [5.41, 5.74) is 5.84. The van der Waals surface area contributed by atoms with E-state index in [1.807, 2.05) is 0 Å². The Balaban J connectivity index is 2.54. The van der Waals surface area contributed by atoms with E-state index in [0.717, 1.165) is 0 Å². The van der Waals surface area contributed by atoms with Gasteiger partial charge in [0.1, 0.15) is 6.54 Å². The van der Waals surface area contributed by atoms with Crippen molar-refractivity contribution in [3.05, 3.63) is 12.4 Å². The van der Waals surface area contributed by atoms with Crippen LogP contribution in [-0.2, 0) is 16.1 Å². The molecule has 94 valence electrons. The number of amides is 1. The summed E-state index contributed by atoms with van der Waals surface area (Å²) in [6.07, 6.45) is 3.49. The van der Waals surface area contributed by atoms with E-state index < -0.39 is 5.97 Å². The van der Waals surface area contributed by atoms with E-state index in [1.165, 1.54) is 17.1 Å². The molecule has 1 heterocycles. The molecule has 0 aliphatic rings. The Kier molecular flexibility index (Phi) is 4.65. The van der Waals surface area contributed by atoms with E-state index in [-0.39, 0.29) is 18.4 Å². The van der Waals surface area contributed by atoms with Crippen LogP contribution in [0.1, 0.15) is 13.3 Å². The van der Waals surface area contributed by atoms with Crippen molar-refractivity contribution in [3.8, 4) is 0 Å². The minimum atomic E-state index is -0.984. The van der Waals surface area contributed by atoms with Gasteiger partial charge in [-0.15, -0.1) is 0 Å². The highest BCUT2D eigenvalue weighted by Crippen LogP contribution is 2.09. The van der Waals surface area contributed by atoms with Gasteiger partial charge in [-0.3, -0.25) is 14.3 Å². The number of nitrogens with zero attached hydrogens (tertiary/aromatic N) is 2. The molecular formula is C10H16N4O3. The second-order valence-electron chi connectivity index (χ2n) is 3.79. The quantitative estimate of drug-likeness (QED) is 0.642. The Morgan fingerprint density at radius 1 is 1.65 bits per heavy atom. The fourth-order valence-electron chi connectivity index (χ4n) is 1.30. The van der Waals surface area contributed by atoms with Crippen LogP contribution in [0.5, 0.6) is 0 Å². The third-order valence-electron chi connectivity index (χ3n) is 2.25. The highest BCUT2D eigenvalue weighted by atomic mass is 16.4. The van der Waals surface area contributed by atoms with Crippen LogP contribution in [0.15, 0.2) is 12.4 Å². The Hall–Kier alpha value is -1.89. The molecule has 1 aromatic rings. The van der Waals surface area contributed by atoms with Gasteiger partial charge in [-0.2, -0.15) is 5.10 Å². The zero-order valence-electron chi connectivity index (χ0n) is 9.59. The first-order valence-electron chi connectivity index (χ1n) is 5.28. The molecule has 0 aliphatic heterocycles. The van der Waals surface area contributed by atoms with Gasteiger partial charge in [0.15, 0.2) is 0 Å². The molecule has 4 N–H and O–H groups in total. The summed E-state index contributed by atoms with van der Waals surface area (Å²) in [7, 11) is 0. The third-order valence-corrected chi connectivity index (χ3v) is 2.25. The number of aromatic nitrogens is 2. The number of carboxylic acids is 1. The number of anilines is 1. The van der Waals surface area contributed by atoms with Crippen LogP contribution in [-0.4, -0.2) is 33.3 Å². The zero-order valence-corrected chi connectivity index (χ0v) is 9.59. The number of carbonyl (C=O) groups is 2. The van der Waals surface area contributed by atoms with Gasteiger partial charge in [0.05, 0.1) is 11.9 Å². The first-order valence-corrected chi connectivity index (χ1v) is 5.28. The monoisotopic (exact) mass is 240 g/mol. The van der Waals surface area contributed by atoms with Gasteiger partial charge in [-0.1, -0.05) is 6.92 Å². The first-order chi connectivity index (χ1) is 8.02. The summed E-state index contributed by atoms with van der Waals surface area (Å²) in [5, 5.41) is 15.0. The van der Waals surface area contributed by atoms with Crippen molar-refractivity contribution < 1.29 is 14.7 Å². The van der Waals surface area contributed by atoms with E-state index in [1.54, 1.807) is 6.92 Å². The van der Waals surface area contributed by atoms with Crippen LogP contribution < -0.4 is 11.1 Å². The van der Waals surface area contributed by atoms with Crippen LogP contribution in [0.2, 0.25) is 0 Å². The van der Waals surface area contributed by atoms with Crippen molar-refractivity contribution in [1.82, 2.24) is 9.78 Å². The molecule has 0 saturated carbocycles. The van der Waals surface area contributed by atoms with Crippen LogP contribution in [0.3, 0.4) is 0 Å². The van der Waals surface area contributed by atoms with Gasteiger partial charge in [0, 0.05) is 12.1 Å². The molecule has 7 nitrogen and oxygen atoms in total. The number of nitrogens with two attached hydrogens (primary N) is 1. The molecule has 0 spiro atoms. The Morgan fingerprint density at radius 3 is 2.94 bits per heavy atom. The van der Waals surface area contributed by atoms with E-state index in [0.29, 0.717) is 18.7 Å². The van der Waals surface area contributed by atoms with Gasteiger partial charge < -0.3 is 16.2 Å². The lowest BCUT2D eigenvalue weighted by Crippen LogP contribution is -2.22. The Labute approximate surface area is 98.6 Å². The van der Waals surface area contributed by atoms with E-state index in [2.05, 4.69) is 10.4 Å². The van der Waals surface area contributed by atoms with Crippen molar-refractivity contribution in [2.24, 2.45) is 11.7 Å². The summed E-state index contributed by atoms with van der Waals surface area (Å²) in [6.45, 7) is 2.00. The van der Waals surface area contributed by atoms with Crippen molar-refractivity contribution in [2.45, 2.75) is 19.9 Å². The summed E-state index contributed by atoms with van der Waals surface area (Å²) < 4.78 is 1.24. The molecule has 0 radical (unpaired) electrons. The average molecular weight is 240 g/mol. The normalized spacial score (nSPS) is 12.1. The molecule has 17 heavy (non-hydrogen) atoms. The van der Waals surface area contributed by atoms with Gasteiger partial charge in [-0.05, 0) is 13.0 Å². The topological polar surface area (TPSA) is 110 Å². The summed E-state index contributed by atoms with van der Waals surface area (Å²) in [6, 6.07) is 0. The second-order valence-corrected chi connectivity index (χ2v) is 3.79. The minimum Gasteiger partial charge on any atom is -0.480 e. The summed E-state index contributed by atoms with van der Waals surface area (Å²) in [4.78, 5) is 22.0. The predicted octanol–water partition coefficient (Wildman–Crippen LogP) is -0.109. The van der Waals surface area contributed by atoms with E-state index >= 15 is 0 Å². The molecule has 0 saturated heterocycles. The van der Waals surface area contributed by atoms with Crippen molar-refractivity contribution in [1.29, 1.82) is 0 Å². The molecule has 0 fully saturated rings. The maximum absolute atomic E-state index is 11.6. The molecule has 1 rings (SSSR count). The summed E-state index contributed by atoms with van der Waals surface area (Å²) >= 11 is 0. The first kappa shape index (κ1) is 13.2. The lowest BCUT2D eigenvalue weighted by Gasteiger charge is -2.08. The number of hydrogen-bond donors (Lipinski definition) is 3. The predicted molar refractivity (Wildman–Crippen MR) is 61.3 cm³/mol. The fraction of sp³-hybridized carbons (Fsp3) is 0.500. The molecule has 1 atom stereocenters. The third kappa shape index (κ3) is 4.23. The van der Waals surface area contributed by atoms with Gasteiger partial charge >= 0.3 is 5.97 Å². The zero-order chi connectivity index (χ0) is 12.8. The SMILES string of the molecule is CC(CCN)C(=O)Nc1cnn(CC(=O)O)c1. The maximum atomic E-state index is 11.6. The molecule has 7 heteroatoms. The van der Waals surface area contributed by atoms with E-state index in [4.69, 9.17) is 10.8 Å². The standard InChI is InChI=1S/C10H16N4O3/c1-7(2-3-11)10(17)13-8-4-12-14(5-8)6-9(15)16/h4-5,7H,2-3,6,11H2,1H3,(H,13,17)(H,15,16). The van der Waals surface area contributed by atoms with Crippen molar-refractivity contribution in [3.63, 3.8) is 0 Å². The molecule has 1 amide bonds. The number of nitrogens with one attached hydrogen (secondary N) is 1. The molecular weight excluding hydrogens is 224 g/mol. The molecule has 1 aromatic heterocycles. The molecule has 0 bridgehead atoms. The van der Waals surface area contributed by atoms with Crippen LogP contribution in [0, 0.1) is 5.92 Å². The number of rotatable bonds is 6. The highest BCUT2D eigenvalue weighted by molar-refractivity contribution is 5.92. The minimum absolute atomic E-state index is 0.148. The average Bonchev–Trinajstić information content (AvgIpc) is 2.64. The number of aliphatic carboxylic acids is 1. The lowest BCUT2D eigenvalue weighted by atomic mass is 10.1. The van der Waals surface area contributed by atoms with Crippen LogP contribution >= 0.6 is 0 Å². The van der Waals surface area contributed by atoms with E-state index in [9.17, 15) is 9.59 Å². The number of carboxylic acid groups (broad SMARTS) is 1. The van der Waals surface area contributed by atoms with Crippen molar-refractivity contribution in [2.75, 3.05) is 11.9 Å². The number of carbonyl (C=O) groups excluding carboxylic acids is 1. The maximum Gasteiger partial charge on any atom is 0.325 e. The van der Waals surface area contributed by atoms with Gasteiger partial charge in [0.2, 0.25) is 5.91 Å². The molecule has 0 aliphatic carbocycles. The fourth-order valence-corrected chi connectivity index (χ4v) is 1.30. The Morgan fingerprint density at radius 2 is 2.35 bits per heavy atom. The van der Waals surface area contributed by atoms with Crippen LogP contribution in [0.4, 0.5) is 5.69 Å². The second kappa shape index (κ2) is 6.00. The largest absolute Gasteiger partial charge is 0.480 e. The van der Waals surface area contributed by atoms with Gasteiger partial charge in [-0.25, -0.2) is 0 Å². The molecule has 1 unspecified atom stereocenters. The highest BCUT2D eigenvalue weighted by Gasteiger charge is 2.13. The lowest BCUT2D eigenvalue weighted by molar-refractivity contribution is -0.137. The van der Waals surface area contributed by atoms with Gasteiger partial charge in [0.25, 0.3) is 0 Å². The van der Waals surface area contributed by atoms with Crippen LogP contribution in [0.25, 0.3) is 0 Å². The number of hydrogen-bond acceptors (Lipinski definition) is 4. The Bertz CT molecular complexity index is 402. The van der Waals surface area contributed by atoms with Crippen molar-refractivity contribution >= 4 is 17.6 Å².